The lowest BCUT2D eigenvalue weighted by Gasteiger charge is -2.12. The number of fused-ring (bicyclic) bond motifs is 1. The third kappa shape index (κ3) is 3.68. The fourth-order valence-corrected chi connectivity index (χ4v) is 3.78. The average Bonchev–Trinajstić information content (AvgIpc) is 3.13. The van der Waals surface area contributed by atoms with Crippen molar-refractivity contribution >= 4 is 21.5 Å². The molecule has 0 aliphatic rings. The van der Waals surface area contributed by atoms with Gasteiger partial charge >= 0.3 is 6.18 Å². The van der Waals surface area contributed by atoms with E-state index in [4.69, 9.17) is 0 Å². The topological polar surface area (TPSA) is 89.2 Å². The number of alkyl halides is 3. The van der Waals surface area contributed by atoms with Crippen molar-refractivity contribution in [3.63, 3.8) is 0 Å². The lowest BCUT2D eigenvalue weighted by atomic mass is 10.2. The van der Waals surface area contributed by atoms with Crippen LogP contribution in [-0.2, 0) is 16.2 Å². The van der Waals surface area contributed by atoms with Crippen LogP contribution in [0.15, 0.2) is 66.0 Å². The van der Waals surface area contributed by atoms with Gasteiger partial charge in [-0.15, -0.1) is 0 Å². The number of anilines is 1. The molecule has 0 bridgehead atoms. The van der Waals surface area contributed by atoms with Crippen LogP contribution in [0.1, 0.15) is 5.56 Å². The van der Waals surface area contributed by atoms with E-state index in [0.717, 1.165) is 6.07 Å². The molecule has 0 atom stereocenters. The summed E-state index contributed by atoms with van der Waals surface area (Å²) < 4.78 is 80.9. The number of sulfonamides is 1. The van der Waals surface area contributed by atoms with Crippen LogP contribution in [0.25, 0.3) is 16.9 Å². The Hall–Kier alpha value is -3.54. The monoisotopic (exact) mass is 437 g/mol. The maximum atomic E-state index is 13.5. The van der Waals surface area contributed by atoms with Gasteiger partial charge in [-0.1, -0.05) is 0 Å². The second-order valence-electron chi connectivity index (χ2n) is 6.12. The minimum absolute atomic E-state index is 0.0620. The van der Waals surface area contributed by atoms with Crippen molar-refractivity contribution < 1.29 is 26.0 Å². The Balaban J connectivity index is 1.75. The number of nitrogens with one attached hydrogen (secondary N) is 1. The Kier molecular flexibility index (Phi) is 4.65. The molecule has 4 rings (SSSR count). The Morgan fingerprint density at radius 2 is 1.83 bits per heavy atom. The second-order valence-corrected chi connectivity index (χ2v) is 7.80. The van der Waals surface area contributed by atoms with Gasteiger partial charge < -0.3 is 0 Å². The SMILES string of the molecule is O=S(=O)(Nc1ccnc2cc(-c3cccnc3)nn12)c1ccc(F)c(C(F)(F)F)c1. The van der Waals surface area contributed by atoms with E-state index < -0.39 is 32.5 Å². The smallest absolute Gasteiger partial charge is 0.264 e. The molecule has 4 aromatic rings. The number of rotatable bonds is 4. The highest BCUT2D eigenvalue weighted by Crippen LogP contribution is 2.33. The lowest BCUT2D eigenvalue weighted by molar-refractivity contribution is -0.140. The van der Waals surface area contributed by atoms with Gasteiger partial charge in [-0.3, -0.25) is 9.71 Å². The first kappa shape index (κ1) is 19.8. The number of aromatic nitrogens is 4. The molecule has 0 unspecified atom stereocenters. The highest BCUT2D eigenvalue weighted by atomic mass is 32.2. The van der Waals surface area contributed by atoms with Crippen LogP contribution >= 0.6 is 0 Å². The molecule has 3 heterocycles. The van der Waals surface area contributed by atoms with E-state index in [2.05, 4.69) is 19.8 Å². The molecule has 0 aliphatic carbocycles. The molecule has 7 nitrogen and oxygen atoms in total. The highest BCUT2D eigenvalue weighted by molar-refractivity contribution is 7.92. The van der Waals surface area contributed by atoms with Crippen molar-refractivity contribution in [1.82, 2.24) is 19.6 Å². The Morgan fingerprint density at radius 1 is 1.03 bits per heavy atom. The first-order valence-corrected chi connectivity index (χ1v) is 9.78. The van der Waals surface area contributed by atoms with Gasteiger partial charge in [-0.05, 0) is 36.4 Å². The van der Waals surface area contributed by atoms with Gasteiger partial charge in [-0.2, -0.15) is 22.8 Å². The maximum Gasteiger partial charge on any atom is 0.419 e. The third-order valence-electron chi connectivity index (χ3n) is 4.11. The molecule has 0 spiro atoms. The first-order valence-electron chi connectivity index (χ1n) is 8.30. The summed E-state index contributed by atoms with van der Waals surface area (Å²) in [5.74, 6) is -1.63. The molecule has 0 aliphatic heterocycles. The zero-order valence-electron chi connectivity index (χ0n) is 14.8. The number of benzene rings is 1. The summed E-state index contributed by atoms with van der Waals surface area (Å²) in [6.45, 7) is 0. The molecular weight excluding hydrogens is 426 g/mol. The predicted molar refractivity (Wildman–Crippen MR) is 98.4 cm³/mol. The van der Waals surface area contributed by atoms with Gasteiger partial charge in [0.05, 0.1) is 16.2 Å². The van der Waals surface area contributed by atoms with E-state index in [1.807, 2.05) is 0 Å². The molecule has 3 aromatic heterocycles. The van der Waals surface area contributed by atoms with Crippen molar-refractivity contribution in [2.75, 3.05) is 4.72 Å². The van der Waals surface area contributed by atoms with Crippen LogP contribution in [0.4, 0.5) is 23.4 Å². The van der Waals surface area contributed by atoms with Crippen LogP contribution < -0.4 is 4.72 Å². The number of pyridine rings is 1. The van der Waals surface area contributed by atoms with E-state index in [1.165, 1.54) is 16.8 Å². The molecule has 30 heavy (non-hydrogen) atoms. The molecule has 0 amide bonds. The van der Waals surface area contributed by atoms with E-state index in [0.29, 0.717) is 23.0 Å². The van der Waals surface area contributed by atoms with Crippen LogP contribution in [-0.4, -0.2) is 28.0 Å². The van der Waals surface area contributed by atoms with Crippen LogP contribution in [0, 0.1) is 5.82 Å². The molecule has 12 heteroatoms. The summed E-state index contributed by atoms with van der Waals surface area (Å²) in [6, 6.07) is 7.76. The Morgan fingerprint density at radius 3 is 2.53 bits per heavy atom. The van der Waals surface area contributed by atoms with E-state index in [1.54, 1.807) is 30.6 Å². The molecular formula is C18H11F4N5O2S. The normalized spacial score (nSPS) is 12.3. The minimum Gasteiger partial charge on any atom is -0.264 e. The number of halogens is 4. The standard InChI is InChI=1S/C18H11F4N5O2S/c19-14-4-3-12(8-13(14)18(20,21)22)30(28,29)26-16-5-7-24-17-9-15(25-27(16)17)11-2-1-6-23-10-11/h1-10,26H. The van der Waals surface area contributed by atoms with Crippen molar-refractivity contribution in [2.24, 2.45) is 0 Å². The Bertz CT molecular complexity index is 1340. The molecule has 154 valence electrons. The fourth-order valence-electron chi connectivity index (χ4n) is 2.71. The summed E-state index contributed by atoms with van der Waals surface area (Å²) >= 11 is 0. The fraction of sp³-hybridized carbons (Fsp3) is 0.0556. The van der Waals surface area contributed by atoms with Crippen molar-refractivity contribution in [2.45, 2.75) is 11.1 Å². The van der Waals surface area contributed by atoms with Crippen LogP contribution in [0.2, 0.25) is 0 Å². The molecule has 0 radical (unpaired) electrons. The maximum absolute atomic E-state index is 13.5. The summed E-state index contributed by atoms with van der Waals surface area (Å²) in [5, 5.41) is 4.28. The van der Waals surface area contributed by atoms with Crippen molar-refractivity contribution in [1.29, 1.82) is 0 Å². The van der Waals surface area contributed by atoms with Crippen LogP contribution in [0.3, 0.4) is 0 Å². The molecule has 0 saturated heterocycles. The van der Waals surface area contributed by atoms with Gasteiger partial charge in [0.1, 0.15) is 11.6 Å². The average molecular weight is 437 g/mol. The molecule has 0 saturated carbocycles. The van der Waals surface area contributed by atoms with Crippen molar-refractivity contribution in [3.05, 3.63) is 72.4 Å². The lowest BCUT2D eigenvalue weighted by Crippen LogP contribution is -2.17. The van der Waals surface area contributed by atoms with Gasteiger partial charge in [-0.25, -0.2) is 17.8 Å². The molecule has 0 fully saturated rings. The largest absolute Gasteiger partial charge is 0.419 e. The first-order chi connectivity index (χ1) is 14.1. The summed E-state index contributed by atoms with van der Waals surface area (Å²) in [4.78, 5) is 7.33. The zero-order chi connectivity index (χ0) is 21.5. The van der Waals surface area contributed by atoms with Gasteiger partial charge in [0.15, 0.2) is 5.65 Å². The van der Waals surface area contributed by atoms with E-state index >= 15 is 0 Å². The quantitative estimate of drug-likeness (QED) is 0.491. The summed E-state index contributed by atoms with van der Waals surface area (Å²) in [6.07, 6.45) is -0.592. The number of hydrogen-bond donors (Lipinski definition) is 1. The zero-order valence-corrected chi connectivity index (χ0v) is 15.6. The molecule has 1 aromatic carbocycles. The second kappa shape index (κ2) is 7.06. The number of hydrogen-bond acceptors (Lipinski definition) is 5. The summed E-state index contributed by atoms with van der Waals surface area (Å²) in [5.41, 5.74) is -0.263. The molecule has 1 N–H and O–H groups in total. The van der Waals surface area contributed by atoms with Crippen LogP contribution in [0.5, 0.6) is 0 Å². The number of nitrogens with zero attached hydrogens (tertiary/aromatic N) is 4. The summed E-state index contributed by atoms with van der Waals surface area (Å²) in [7, 11) is -4.48. The van der Waals surface area contributed by atoms with E-state index in [-0.39, 0.29) is 11.9 Å². The highest BCUT2D eigenvalue weighted by Gasteiger charge is 2.35. The Labute approximate surface area is 167 Å². The van der Waals surface area contributed by atoms with Gasteiger partial charge in [0, 0.05) is 30.2 Å². The van der Waals surface area contributed by atoms with Crippen molar-refractivity contribution in [3.8, 4) is 11.3 Å². The third-order valence-corrected chi connectivity index (χ3v) is 5.46. The minimum atomic E-state index is -5.04. The van der Waals surface area contributed by atoms with Gasteiger partial charge in [0.25, 0.3) is 10.0 Å². The predicted octanol–water partition coefficient (Wildman–Crippen LogP) is 3.75. The van der Waals surface area contributed by atoms with E-state index in [9.17, 15) is 26.0 Å². The van der Waals surface area contributed by atoms with Gasteiger partial charge in [0.2, 0.25) is 0 Å².